The zero-order chi connectivity index (χ0) is 12.7. The van der Waals surface area contributed by atoms with Crippen LogP contribution in [-0.2, 0) is 0 Å². The van der Waals surface area contributed by atoms with E-state index in [1.165, 1.54) is 12.1 Å². The third-order valence-electron chi connectivity index (χ3n) is 2.29. The van der Waals surface area contributed by atoms with Gasteiger partial charge in [0.05, 0.1) is 4.92 Å². The quantitative estimate of drug-likeness (QED) is 0.449. The SMILES string of the molecule is C=C(C#Cc1ccc([N+](=O)[O-])cc1)CCCC. The molecule has 17 heavy (non-hydrogen) atoms. The summed E-state index contributed by atoms with van der Waals surface area (Å²) in [7, 11) is 0. The van der Waals surface area contributed by atoms with Crippen molar-refractivity contribution in [3.63, 3.8) is 0 Å². The van der Waals surface area contributed by atoms with Crippen LogP contribution < -0.4 is 0 Å². The second kappa shape index (κ2) is 6.49. The second-order valence-electron chi connectivity index (χ2n) is 3.76. The first kappa shape index (κ1) is 13.0. The van der Waals surface area contributed by atoms with Gasteiger partial charge in [0.2, 0.25) is 0 Å². The van der Waals surface area contributed by atoms with Crippen LogP contribution >= 0.6 is 0 Å². The molecule has 0 fully saturated rings. The van der Waals surface area contributed by atoms with Crippen molar-refractivity contribution < 1.29 is 4.92 Å². The van der Waals surface area contributed by atoms with Gasteiger partial charge in [-0.2, -0.15) is 0 Å². The van der Waals surface area contributed by atoms with E-state index < -0.39 is 4.92 Å². The van der Waals surface area contributed by atoms with E-state index in [0.717, 1.165) is 30.4 Å². The van der Waals surface area contributed by atoms with Gasteiger partial charge in [-0.3, -0.25) is 10.1 Å². The fraction of sp³-hybridized carbons (Fsp3) is 0.286. The number of hydrogen-bond acceptors (Lipinski definition) is 2. The first-order valence-corrected chi connectivity index (χ1v) is 5.57. The molecule has 0 spiro atoms. The Kier molecular flexibility index (Phi) is 4.96. The zero-order valence-corrected chi connectivity index (χ0v) is 9.90. The summed E-state index contributed by atoms with van der Waals surface area (Å²) in [5.41, 5.74) is 1.76. The molecule has 3 nitrogen and oxygen atoms in total. The second-order valence-corrected chi connectivity index (χ2v) is 3.76. The van der Waals surface area contributed by atoms with E-state index in [0.29, 0.717) is 0 Å². The van der Waals surface area contributed by atoms with E-state index in [4.69, 9.17) is 0 Å². The molecule has 0 amide bonds. The van der Waals surface area contributed by atoms with Gasteiger partial charge in [-0.15, -0.1) is 0 Å². The molecule has 1 aromatic carbocycles. The van der Waals surface area contributed by atoms with E-state index in [9.17, 15) is 10.1 Å². The minimum Gasteiger partial charge on any atom is -0.258 e. The molecule has 0 saturated heterocycles. The summed E-state index contributed by atoms with van der Waals surface area (Å²) in [6.45, 7) is 5.99. The Hall–Kier alpha value is -2.08. The monoisotopic (exact) mass is 229 g/mol. The molecule has 0 aliphatic heterocycles. The van der Waals surface area contributed by atoms with Crippen LogP contribution in [0.5, 0.6) is 0 Å². The Morgan fingerprint density at radius 3 is 2.59 bits per heavy atom. The van der Waals surface area contributed by atoms with Crippen molar-refractivity contribution in [2.75, 3.05) is 0 Å². The average Bonchev–Trinajstić information content (AvgIpc) is 2.34. The van der Waals surface area contributed by atoms with Gasteiger partial charge < -0.3 is 0 Å². The number of hydrogen-bond donors (Lipinski definition) is 0. The summed E-state index contributed by atoms with van der Waals surface area (Å²) in [6.07, 6.45) is 3.13. The molecular formula is C14H15NO2. The molecule has 0 aliphatic carbocycles. The van der Waals surface area contributed by atoms with E-state index in [2.05, 4.69) is 25.3 Å². The topological polar surface area (TPSA) is 43.1 Å². The standard InChI is InChI=1S/C14H15NO2/c1-3-4-5-12(2)6-7-13-8-10-14(11-9-13)15(16)17/h8-11H,2-5H2,1H3. The van der Waals surface area contributed by atoms with Gasteiger partial charge in [-0.05, 0) is 30.5 Å². The summed E-state index contributed by atoms with van der Waals surface area (Å²) >= 11 is 0. The van der Waals surface area contributed by atoms with Crippen LogP contribution in [0, 0.1) is 22.0 Å². The molecule has 0 N–H and O–H groups in total. The average molecular weight is 229 g/mol. The maximum atomic E-state index is 10.5. The molecule has 1 rings (SSSR count). The van der Waals surface area contributed by atoms with Gasteiger partial charge in [0, 0.05) is 17.7 Å². The van der Waals surface area contributed by atoms with Crippen LogP contribution in [0.1, 0.15) is 31.7 Å². The third-order valence-corrected chi connectivity index (χ3v) is 2.29. The van der Waals surface area contributed by atoms with Crippen molar-refractivity contribution >= 4 is 5.69 Å². The summed E-state index contributed by atoms with van der Waals surface area (Å²) in [4.78, 5) is 10.0. The fourth-order valence-corrected chi connectivity index (χ4v) is 1.28. The van der Waals surface area contributed by atoms with Gasteiger partial charge in [-0.1, -0.05) is 31.8 Å². The minimum absolute atomic E-state index is 0.0837. The molecule has 3 heteroatoms. The summed E-state index contributed by atoms with van der Waals surface area (Å²) in [6, 6.07) is 6.22. The molecule has 1 aromatic rings. The number of allylic oxidation sites excluding steroid dienone is 1. The highest BCUT2D eigenvalue weighted by molar-refractivity contribution is 5.43. The van der Waals surface area contributed by atoms with Crippen molar-refractivity contribution in [2.45, 2.75) is 26.2 Å². The van der Waals surface area contributed by atoms with E-state index in [1.54, 1.807) is 12.1 Å². The lowest BCUT2D eigenvalue weighted by Crippen LogP contribution is -1.87. The lowest BCUT2D eigenvalue weighted by molar-refractivity contribution is -0.384. The highest BCUT2D eigenvalue weighted by Crippen LogP contribution is 2.11. The predicted octanol–water partition coefficient (Wildman–Crippen LogP) is 3.69. The van der Waals surface area contributed by atoms with Crippen LogP contribution in [0.25, 0.3) is 0 Å². The number of nitro benzene ring substituents is 1. The first-order chi connectivity index (χ1) is 8.13. The van der Waals surface area contributed by atoms with Crippen LogP contribution in [0.15, 0.2) is 36.4 Å². The van der Waals surface area contributed by atoms with Gasteiger partial charge >= 0.3 is 0 Å². The Balaban J connectivity index is 2.66. The normalized spacial score (nSPS) is 9.24. The number of unbranched alkanes of at least 4 members (excludes halogenated alkanes) is 1. The van der Waals surface area contributed by atoms with Crippen LogP contribution in [0.3, 0.4) is 0 Å². The van der Waals surface area contributed by atoms with Crippen molar-refractivity contribution in [3.05, 3.63) is 52.1 Å². The largest absolute Gasteiger partial charge is 0.269 e. The molecule has 0 aliphatic rings. The van der Waals surface area contributed by atoms with E-state index in [-0.39, 0.29) is 5.69 Å². The van der Waals surface area contributed by atoms with E-state index >= 15 is 0 Å². The van der Waals surface area contributed by atoms with Crippen molar-refractivity contribution in [2.24, 2.45) is 0 Å². The molecule has 0 heterocycles. The molecule has 88 valence electrons. The third kappa shape index (κ3) is 4.52. The van der Waals surface area contributed by atoms with Crippen LogP contribution in [0.2, 0.25) is 0 Å². The molecule has 0 unspecified atom stereocenters. The highest BCUT2D eigenvalue weighted by atomic mass is 16.6. The van der Waals surface area contributed by atoms with Crippen molar-refractivity contribution in [1.82, 2.24) is 0 Å². The smallest absolute Gasteiger partial charge is 0.258 e. The van der Waals surface area contributed by atoms with Gasteiger partial charge in [0.1, 0.15) is 0 Å². The lowest BCUT2D eigenvalue weighted by atomic mass is 10.1. The molecular weight excluding hydrogens is 214 g/mol. The maximum Gasteiger partial charge on any atom is 0.269 e. The number of nitro groups is 1. The van der Waals surface area contributed by atoms with Crippen molar-refractivity contribution in [3.8, 4) is 11.8 Å². The summed E-state index contributed by atoms with van der Waals surface area (Å²) in [5, 5.41) is 10.5. The van der Waals surface area contributed by atoms with Crippen LogP contribution in [-0.4, -0.2) is 4.92 Å². The highest BCUT2D eigenvalue weighted by Gasteiger charge is 2.02. The lowest BCUT2D eigenvalue weighted by Gasteiger charge is -1.94. The number of nitrogens with zero attached hydrogens (tertiary/aromatic N) is 1. The zero-order valence-electron chi connectivity index (χ0n) is 9.90. The number of benzene rings is 1. The summed E-state index contributed by atoms with van der Waals surface area (Å²) < 4.78 is 0. The van der Waals surface area contributed by atoms with Gasteiger partial charge in [0.15, 0.2) is 0 Å². The Morgan fingerprint density at radius 2 is 2.06 bits per heavy atom. The molecule has 0 aromatic heterocycles. The Labute approximate surface area is 101 Å². The minimum atomic E-state index is -0.419. The van der Waals surface area contributed by atoms with Crippen LogP contribution in [0.4, 0.5) is 5.69 Å². The first-order valence-electron chi connectivity index (χ1n) is 5.57. The number of non-ortho nitro benzene ring substituents is 1. The number of rotatable bonds is 4. The van der Waals surface area contributed by atoms with Gasteiger partial charge in [0.25, 0.3) is 5.69 Å². The molecule has 0 saturated carbocycles. The fourth-order valence-electron chi connectivity index (χ4n) is 1.28. The van der Waals surface area contributed by atoms with Gasteiger partial charge in [-0.25, -0.2) is 0 Å². The predicted molar refractivity (Wildman–Crippen MR) is 68.6 cm³/mol. The molecule has 0 radical (unpaired) electrons. The maximum absolute atomic E-state index is 10.5. The molecule has 0 atom stereocenters. The summed E-state index contributed by atoms with van der Waals surface area (Å²) in [5.74, 6) is 5.92. The van der Waals surface area contributed by atoms with Crippen molar-refractivity contribution in [1.29, 1.82) is 0 Å². The van der Waals surface area contributed by atoms with E-state index in [1.807, 2.05) is 0 Å². The Morgan fingerprint density at radius 1 is 1.41 bits per heavy atom. The Bertz CT molecular complexity index is 463. The molecule has 0 bridgehead atoms.